The van der Waals surface area contributed by atoms with E-state index in [1.165, 1.54) is 71.6 Å². The fourth-order valence-electron chi connectivity index (χ4n) is 15.6. The molecule has 11 heterocycles. The molecule has 0 aliphatic carbocycles. The fraction of sp³-hybridized carbons (Fsp3) is 0.967. The quantitative estimate of drug-likeness (QED) is 0.251. The molecule has 10 saturated heterocycles. The van der Waals surface area contributed by atoms with Gasteiger partial charge in [0.15, 0.2) is 15.6 Å². The first-order valence-corrected chi connectivity index (χ1v) is 49.0. The average Bonchev–Trinajstić information content (AvgIpc) is 1.69. The molecule has 0 spiro atoms. The van der Waals surface area contributed by atoms with E-state index in [1.54, 1.807) is 6.20 Å². The van der Waals surface area contributed by atoms with Crippen molar-refractivity contribution in [1.82, 2.24) is 58.6 Å². The molecule has 115 heavy (non-hydrogen) atoms. The van der Waals surface area contributed by atoms with Gasteiger partial charge in [0.2, 0.25) is 0 Å². The highest BCUT2D eigenvalue weighted by Gasteiger charge is 2.49. The monoisotopic (exact) mass is 1690 g/mol. The Labute approximate surface area is 718 Å². The number of likely N-dealkylation sites (N-methyl/N-ethyl adjacent to an activating group) is 1. The van der Waals surface area contributed by atoms with E-state index < -0.39 is 32.8 Å². The molecule has 11 rings (SSSR count). The van der Waals surface area contributed by atoms with E-state index in [1.807, 2.05) is 26.4 Å². The SMILES string of the molecule is CC(C)(C)N1CCS(=O)(=O)CC1.CC(C)(C)N1CCS(=O)CC1.CC(C)(C)N1C[C@@H](O)[C@@H](O)C1.CC(C)(C)n1ccnc1.CC1(C)O[C@H]2CN(C(C)(C)C)C[C@H]2O1.CC1CCN(C(C)(C)C)C1.CC1CCN(C(C)(C)C)CC1.CC1CN(C(C)(C)C)CC(C)N1C.CC1CN(C(C)(C)C)CC(C)O1.CC1CN(C(C)(C)C)CC(C)S1. The van der Waals surface area contributed by atoms with Crippen LogP contribution in [0, 0.1) is 11.8 Å². The Morgan fingerprint density at radius 1 is 0.400 bits per heavy atom. The molecule has 0 amide bonds. The number of hydrogen-bond acceptors (Lipinski definition) is 20. The van der Waals surface area contributed by atoms with Gasteiger partial charge in [-0.1, -0.05) is 27.7 Å². The van der Waals surface area contributed by atoms with E-state index in [0.29, 0.717) is 84.1 Å². The van der Waals surface area contributed by atoms with Crippen LogP contribution in [0.4, 0.5) is 0 Å². The van der Waals surface area contributed by atoms with Gasteiger partial charge in [0.1, 0.15) is 12.2 Å². The van der Waals surface area contributed by atoms with Crippen molar-refractivity contribution in [1.29, 1.82) is 0 Å². The number of ether oxygens (including phenoxy) is 3. The minimum absolute atomic E-state index is 0.0540. The molecule has 0 aromatic carbocycles. The summed E-state index contributed by atoms with van der Waals surface area (Å²) < 4.78 is 52.6. The van der Waals surface area contributed by atoms with Crippen LogP contribution in [0.5, 0.6) is 0 Å². The summed E-state index contributed by atoms with van der Waals surface area (Å²) in [7, 11) is -1.02. The van der Waals surface area contributed by atoms with Crippen LogP contribution >= 0.6 is 11.8 Å². The van der Waals surface area contributed by atoms with Crippen molar-refractivity contribution in [3.05, 3.63) is 18.7 Å². The number of piperazine rings is 1. The molecule has 10 aliphatic heterocycles. The number of rotatable bonds is 0. The third-order valence-corrected chi connectivity index (χ3v) is 28.2. The number of aliphatic hydroxyl groups excluding tert-OH is 2. The predicted molar refractivity (Wildman–Crippen MR) is 497 cm³/mol. The maximum Gasteiger partial charge on any atom is 0.163 e. The van der Waals surface area contributed by atoms with Gasteiger partial charge in [-0.2, -0.15) is 11.8 Å². The largest absolute Gasteiger partial charge is 0.389 e. The van der Waals surface area contributed by atoms with Crippen molar-refractivity contribution in [2.45, 2.75) is 417 Å². The zero-order valence-corrected chi connectivity index (χ0v) is 85.2. The molecule has 11 atom stereocenters. The Hall–Kier alpha value is -0.940. The number of thioether (sulfide) groups is 1. The van der Waals surface area contributed by atoms with Crippen molar-refractivity contribution < 1.29 is 37.1 Å². The summed E-state index contributed by atoms with van der Waals surface area (Å²) >= 11 is 2.12. The van der Waals surface area contributed by atoms with Crippen LogP contribution in [0.1, 0.15) is 296 Å². The highest BCUT2D eigenvalue weighted by molar-refractivity contribution is 8.00. The summed E-state index contributed by atoms with van der Waals surface area (Å²) in [5, 5.41) is 20.1. The van der Waals surface area contributed by atoms with Gasteiger partial charge in [0.05, 0.1) is 42.2 Å². The molecule has 0 radical (unpaired) electrons. The van der Waals surface area contributed by atoms with Crippen molar-refractivity contribution in [2.24, 2.45) is 11.8 Å². The van der Waals surface area contributed by atoms with Crippen LogP contribution in [0.25, 0.3) is 0 Å². The second kappa shape index (κ2) is 45.8. The summed E-state index contributed by atoms with van der Waals surface area (Å²) in [6, 6.07) is 1.37. The number of imidazole rings is 1. The predicted octanol–water partition coefficient (Wildman–Crippen LogP) is 15.4. The van der Waals surface area contributed by atoms with Crippen LogP contribution in [-0.2, 0) is 40.4 Å². The normalized spacial score (nSPS) is 29.5. The van der Waals surface area contributed by atoms with Crippen molar-refractivity contribution >= 4 is 32.4 Å². The van der Waals surface area contributed by atoms with E-state index in [0.717, 1.165) is 73.1 Å². The van der Waals surface area contributed by atoms with E-state index in [4.69, 9.17) is 14.2 Å². The fourth-order valence-corrected chi connectivity index (χ4v) is 19.1. The second-order valence-electron chi connectivity index (χ2n) is 45.9. The molecular weight excluding hydrogens is 1500 g/mol. The summed E-state index contributed by atoms with van der Waals surface area (Å²) in [4.78, 5) is 28.4. The molecule has 684 valence electrons. The number of piperidine rings is 1. The summed E-state index contributed by atoms with van der Waals surface area (Å²) in [6.07, 6.45) is 9.94. The Balaban J connectivity index is 0.000000434. The Bertz CT molecular complexity index is 2860. The molecule has 0 saturated carbocycles. The number of sulfone groups is 1. The highest BCUT2D eigenvalue weighted by atomic mass is 32.2. The third kappa shape index (κ3) is 42.5. The molecule has 1 aromatic heterocycles. The molecule has 20 nitrogen and oxygen atoms in total. The summed E-state index contributed by atoms with van der Waals surface area (Å²) in [6.45, 7) is 108. The zero-order valence-electron chi connectivity index (χ0n) is 82.8. The van der Waals surface area contributed by atoms with Gasteiger partial charge in [-0.25, -0.2) is 13.4 Å². The minimum atomic E-state index is -2.72. The molecular formula is C92H190N12O8S3. The number of aliphatic hydroxyl groups is 2. The third-order valence-electron chi connectivity index (χ3n) is 24.1. The number of likely N-dealkylation sites (tertiary alicyclic amines) is 4. The first kappa shape index (κ1) is 110. The number of aromatic nitrogens is 2. The molecule has 0 bridgehead atoms. The first-order valence-electron chi connectivity index (χ1n) is 44.8. The van der Waals surface area contributed by atoms with Crippen LogP contribution in [0.2, 0.25) is 0 Å². The van der Waals surface area contributed by atoms with Gasteiger partial charge in [-0.05, 0) is 307 Å². The smallest absolute Gasteiger partial charge is 0.163 e. The maximum atomic E-state index is 11.1. The minimum Gasteiger partial charge on any atom is -0.389 e. The van der Waals surface area contributed by atoms with Gasteiger partial charge in [0.25, 0.3) is 0 Å². The number of fused-ring (bicyclic) bond motifs is 1. The lowest BCUT2D eigenvalue weighted by molar-refractivity contribution is -0.158. The lowest BCUT2D eigenvalue weighted by Gasteiger charge is -2.48. The van der Waals surface area contributed by atoms with Crippen molar-refractivity contribution in [2.75, 3.05) is 148 Å². The van der Waals surface area contributed by atoms with Crippen LogP contribution in [-0.4, -0.2) is 344 Å². The van der Waals surface area contributed by atoms with Crippen LogP contribution < -0.4 is 0 Å². The van der Waals surface area contributed by atoms with Gasteiger partial charge >= 0.3 is 0 Å². The topological polar surface area (TPSA) is 170 Å². The molecule has 7 unspecified atom stereocenters. The van der Waals surface area contributed by atoms with Gasteiger partial charge < -0.3 is 29.0 Å². The number of nitrogens with zero attached hydrogens (tertiary/aromatic N) is 12. The van der Waals surface area contributed by atoms with Gasteiger partial charge in [-0.3, -0.25) is 53.2 Å². The Morgan fingerprint density at radius 3 is 1.02 bits per heavy atom. The standard InChI is InChI=1S/C11H24N2.C11H21NO2.C10H21NO.C10H21NS.C10H21N.C9H19N.C8H17NO2S.C8H17NO2.C8H17NOS.C7H12N2/c1-9-7-13(11(3,4)5)8-10(2)12(9)6;1-10(2,3)12-6-8-9(7-12)14-11(4,5)13-8;2*1-8-6-11(10(3,4)5)7-9(2)12-8;1-9-5-7-11(8-6-9)10(2,3)4;1-8-5-6-10(7-8)9(2,3)4;1-8(2,3)9-4-6-12(10,11)7-5-9;1-8(2,3)9-4-6(10)7(11)5-9;1-8(2,3)9-4-6-11(10)7-5-9;1-7(2,3)9-5-4-8-6-9/h9-10H,7-8H2,1-6H3;8-9H,6-7H2,1-5H3;2*8-9H,6-7H2,1-5H3;9H,5-8H2,1-4H3;8H,5-7H2,1-4H3;4-7H2,1-3H3;6-7,10-11H,4-5H2,1-3H3;4-7H2,1-3H3;4-6H,1-3H3/t;8-,9+;;;;;;6-,7+;;. The lowest BCUT2D eigenvalue weighted by Crippen LogP contribution is -2.59. The van der Waals surface area contributed by atoms with Gasteiger partial charge in [-0.15, -0.1) is 0 Å². The van der Waals surface area contributed by atoms with E-state index in [9.17, 15) is 22.8 Å². The Kier molecular flexibility index (Phi) is 43.9. The number of morpholine rings is 1. The zero-order chi connectivity index (χ0) is 89.2. The molecule has 23 heteroatoms. The molecule has 10 fully saturated rings. The lowest BCUT2D eigenvalue weighted by atomic mass is 9.95. The number of hydrogen-bond donors (Lipinski definition) is 2. The van der Waals surface area contributed by atoms with E-state index in [2.05, 4.69) is 340 Å². The molecule has 10 aliphatic rings. The Morgan fingerprint density at radius 2 is 0.713 bits per heavy atom. The van der Waals surface area contributed by atoms with Crippen LogP contribution in [0.15, 0.2) is 18.7 Å². The van der Waals surface area contributed by atoms with Crippen molar-refractivity contribution in [3.63, 3.8) is 0 Å². The maximum absolute atomic E-state index is 11.1. The van der Waals surface area contributed by atoms with E-state index >= 15 is 0 Å². The second-order valence-corrected chi connectivity index (χ2v) is 51.8. The summed E-state index contributed by atoms with van der Waals surface area (Å²) in [5.41, 5.74) is 2.56. The molecule has 1 aromatic rings. The number of β-amino-alcohol motifs (C(OH)–C–C–N with tert-alkyl or cyclic N) is 2. The average molecular weight is 1690 g/mol. The van der Waals surface area contributed by atoms with Gasteiger partial charge in [0, 0.05) is 211 Å². The molecule has 2 N–H and O–H groups in total. The van der Waals surface area contributed by atoms with Crippen molar-refractivity contribution in [3.8, 4) is 0 Å². The first-order chi connectivity index (χ1) is 51.7. The summed E-state index contributed by atoms with van der Waals surface area (Å²) in [5.74, 6) is 3.86. The van der Waals surface area contributed by atoms with Crippen LogP contribution in [0.3, 0.4) is 0 Å². The van der Waals surface area contributed by atoms with E-state index in [-0.39, 0.29) is 51.2 Å². The highest BCUT2D eigenvalue weighted by Crippen LogP contribution is 2.36.